The number of ether oxygens (including phenoxy) is 1. The van der Waals surface area contributed by atoms with E-state index in [1.807, 2.05) is 24.3 Å². The van der Waals surface area contributed by atoms with Gasteiger partial charge in [-0.1, -0.05) is 18.2 Å². The van der Waals surface area contributed by atoms with Crippen LogP contribution in [0.3, 0.4) is 0 Å². The molecule has 1 aliphatic carbocycles. The number of carbonyl (C=O) groups excluding carboxylic acids is 1. The zero-order valence-electron chi connectivity index (χ0n) is 11.9. The second-order valence-electron chi connectivity index (χ2n) is 5.47. The molecule has 1 amide bonds. The van der Waals surface area contributed by atoms with Crippen molar-refractivity contribution < 1.29 is 9.53 Å². The average molecular weight is 304 g/mol. The van der Waals surface area contributed by atoms with Crippen molar-refractivity contribution in [2.45, 2.75) is 19.3 Å². The van der Waals surface area contributed by atoms with E-state index in [2.05, 4.69) is 5.32 Å². The molecule has 21 heavy (non-hydrogen) atoms. The lowest BCUT2D eigenvalue weighted by atomic mass is 10.2. The Hall–Kier alpha value is -1.59. The molecular formula is C16H20N2O2S. The molecule has 2 aromatic rings. The number of hydrogen-bond acceptors (Lipinski definition) is 4. The van der Waals surface area contributed by atoms with Gasteiger partial charge in [0.15, 0.2) is 0 Å². The minimum atomic E-state index is -0.0871. The summed E-state index contributed by atoms with van der Waals surface area (Å²) in [4.78, 5) is 12.8. The number of anilines is 1. The van der Waals surface area contributed by atoms with Crippen LogP contribution in [-0.4, -0.2) is 25.7 Å². The van der Waals surface area contributed by atoms with E-state index in [1.165, 1.54) is 24.2 Å². The third-order valence-electron chi connectivity index (χ3n) is 3.64. The Bertz CT molecular complexity index is 634. The summed E-state index contributed by atoms with van der Waals surface area (Å²) < 4.78 is 6.59. The van der Waals surface area contributed by atoms with Gasteiger partial charge in [-0.15, -0.1) is 11.3 Å². The lowest BCUT2D eigenvalue weighted by Gasteiger charge is -2.05. The molecule has 3 rings (SSSR count). The van der Waals surface area contributed by atoms with E-state index in [0.29, 0.717) is 23.7 Å². The zero-order chi connectivity index (χ0) is 14.7. The van der Waals surface area contributed by atoms with Gasteiger partial charge in [0.1, 0.15) is 4.88 Å². The largest absolute Gasteiger partial charge is 0.397 e. The maximum atomic E-state index is 12.2. The molecule has 3 N–H and O–H groups in total. The summed E-state index contributed by atoms with van der Waals surface area (Å²) >= 11 is 1.44. The molecule has 0 bridgehead atoms. The van der Waals surface area contributed by atoms with Crippen LogP contribution < -0.4 is 11.1 Å². The van der Waals surface area contributed by atoms with Gasteiger partial charge < -0.3 is 15.8 Å². The number of thiophene rings is 1. The van der Waals surface area contributed by atoms with Crippen molar-refractivity contribution in [3.63, 3.8) is 0 Å². The van der Waals surface area contributed by atoms with E-state index in [-0.39, 0.29) is 5.91 Å². The third kappa shape index (κ3) is 3.54. The standard InChI is InChI=1S/C16H20N2O2S/c17-14-12-4-1-2-5-13(12)21-15(14)16(19)18-8-3-9-20-10-11-6-7-11/h1-2,4-5,11H,3,6-10,17H2,(H,18,19). The quantitative estimate of drug-likeness (QED) is 0.773. The molecule has 0 saturated heterocycles. The normalized spacial score (nSPS) is 14.5. The maximum Gasteiger partial charge on any atom is 0.263 e. The van der Waals surface area contributed by atoms with Gasteiger partial charge in [-0.05, 0) is 31.2 Å². The highest BCUT2D eigenvalue weighted by atomic mass is 32.1. The van der Waals surface area contributed by atoms with Crippen LogP contribution >= 0.6 is 11.3 Å². The molecule has 0 atom stereocenters. The van der Waals surface area contributed by atoms with Crippen LogP contribution in [0.1, 0.15) is 28.9 Å². The van der Waals surface area contributed by atoms with Crippen molar-refractivity contribution in [1.29, 1.82) is 0 Å². The summed E-state index contributed by atoms with van der Waals surface area (Å²) in [5, 5.41) is 3.87. The summed E-state index contributed by atoms with van der Waals surface area (Å²) in [7, 11) is 0. The van der Waals surface area contributed by atoms with Crippen LogP contribution in [0.2, 0.25) is 0 Å². The molecule has 0 radical (unpaired) electrons. The van der Waals surface area contributed by atoms with Crippen LogP contribution in [-0.2, 0) is 4.74 Å². The number of nitrogens with one attached hydrogen (secondary N) is 1. The van der Waals surface area contributed by atoms with Crippen molar-refractivity contribution in [3.05, 3.63) is 29.1 Å². The lowest BCUT2D eigenvalue weighted by Crippen LogP contribution is -2.25. The number of amides is 1. The number of rotatable bonds is 7. The van der Waals surface area contributed by atoms with E-state index in [1.54, 1.807) is 0 Å². The minimum absolute atomic E-state index is 0.0871. The molecule has 0 spiro atoms. The first-order valence-corrected chi connectivity index (χ1v) is 8.20. The molecule has 1 aliphatic rings. The number of benzene rings is 1. The van der Waals surface area contributed by atoms with Crippen molar-refractivity contribution in [1.82, 2.24) is 5.32 Å². The van der Waals surface area contributed by atoms with Gasteiger partial charge in [0.05, 0.1) is 5.69 Å². The average Bonchev–Trinajstić information content (AvgIpc) is 3.26. The fourth-order valence-corrected chi connectivity index (χ4v) is 3.26. The Morgan fingerprint density at radius 1 is 1.38 bits per heavy atom. The molecule has 0 unspecified atom stereocenters. The first kappa shape index (κ1) is 14.4. The van der Waals surface area contributed by atoms with Crippen LogP contribution in [0.15, 0.2) is 24.3 Å². The first-order chi connectivity index (χ1) is 10.3. The van der Waals surface area contributed by atoms with E-state index in [9.17, 15) is 4.79 Å². The smallest absolute Gasteiger partial charge is 0.263 e. The number of hydrogen-bond donors (Lipinski definition) is 2. The third-order valence-corrected chi connectivity index (χ3v) is 4.83. The predicted octanol–water partition coefficient (Wildman–Crippen LogP) is 3.03. The Morgan fingerprint density at radius 2 is 2.19 bits per heavy atom. The maximum absolute atomic E-state index is 12.2. The van der Waals surface area contributed by atoms with Gasteiger partial charge in [-0.25, -0.2) is 0 Å². The van der Waals surface area contributed by atoms with Crippen LogP contribution in [0.5, 0.6) is 0 Å². The molecule has 5 heteroatoms. The molecule has 1 aromatic heterocycles. The van der Waals surface area contributed by atoms with Gasteiger partial charge in [0.25, 0.3) is 5.91 Å². The highest BCUT2D eigenvalue weighted by Gasteiger charge is 2.21. The van der Waals surface area contributed by atoms with Gasteiger partial charge in [0.2, 0.25) is 0 Å². The molecule has 1 aromatic carbocycles. The zero-order valence-corrected chi connectivity index (χ0v) is 12.7. The number of fused-ring (bicyclic) bond motifs is 1. The Morgan fingerprint density at radius 3 is 2.95 bits per heavy atom. The van der Waals surface area contributed by atoms with Gasteiger partial charge in [-0.2, -0.15) is 0 Å². The van der Waals surface area contributed by atoms with Crippen molar-refractivity contribution >= 4 is 33.0 Å². The highest BCUT2D eigenvalue weighted by molar-refractivity contribution is 7.21. The number of nitrogen functional groups attached to an aromatic ring is 1. The van der Waals surface area contributed by atoms with Crippen LogP contribution in [0.4, 0.5) is 5.69 Å². The molecule has 4 nitrogen and oxygen atoms in total. The Kier molecular flexibility index (Phi) is 4.41. The summed E-state index contributed by atoms with van der Waals surface area (Å²) in [5.41, 5.74) is 6.64. The van der Waals surface area contributed by atoms with Crippen LogP contribution in [0, 0.1) is 5.92 Å². The van der Waals surface area contributed by atoms with E-state index in [0.717, 1.165) is 29.0 Å². The van der Waals surface area contributed by atoms with Crippen molar-refractivity contribution in [3.8, 4) is 0 Å². The summed E-state index contributed by atoms with van der Waals surface area (Å²) in [6.07, 6.45) is 3.45. The summed E-state index contributed by atoms with van der Waals surface area (Å²) in [5.74, 6) is 0.703. The topological polar surface area (TPSA) is 64.4 Å². The lowest BCUT2D eigenvalue weighted by molar-refractivity contribution is 0.0942. The SMILES string of the molecule is Nc1c(C(=O)NCCCOCC2CC2)sc2ccccc12. The molecule has 1 saturated carbocycles. The van der Waals surface area contributed by atoms with Crippen molar-refractivity contribution in [2.24, 2.45) is 5.92 Å². The monoisotopic (exact) mass is 304 g/mol. The van der Waals surface area contributed by atoms with E-state index >= 15 is 0 Å². The summed E-state index contributed by atoms with van der Waals surface area (Å²) in [6, 6.07) is 7.82. The molecule has 1 fully saturated rings. The molecule has 0 aliphatic heterocycles. The van der Waals surface area contributed by atoms with E-state index in [4.69, 9.17) is 10.5 Å². The molecule has 1 heterocycles. The fraction of sp³-hybridized carbons (Fsp3) is 0.438. The molecular weight excluding hydrogens is 284 g/mol. The van der Waals surface area contributed by atoms with E-state index < -0.39 is 0 Å². The second-order valence-corrected chi connectivity index (χ2v) is 6.52. The summed E-state index contributed by atoms with van der Waals surface area (Å²) in [6.45, 7) is 2.20. The Labute approximate surface area is 128 Å². The van der Waals surface area contributed by atoms with Crippen LogP contribution in [0.25, 0.3) is 10.1 Å². The minimum Gasteiger partial charge on any atom is -0.397 e. The van der Waals surface area contributed by atoms with Gasteiger partial charge in [0, 0.05) is 29.8 Å². The highest BCUT2D eigenvalue weighted by Crippen LogP contribution is 2.33. The Balaban J connectivity index is 1.48. The number of nitrogens with two attached hydrogens (primary N) is 1. The fourth-order valence-electron chi connectivity index (χ4n) is 2.23. The second kappa shape index (κ2) is 6.45. The van der Waals surface area contributed by atoms with Crippen molar-refractivity contribution in [2.75, 3.05) is 25.5 Å². The van der Waals surface area contributed by atoms with Gasteiger partial charge in [-0.3, -0.25) is 4.79 Å². The predicted molar refractivity (Wildman–Crippen MR) is 86.7 cm³/mol. The first-order valence-electron chi connectivity index (χ1n) is 7.38. The number of carbonyl (C=O) groups is 1. The molecule has 112 valence electrons. The van der Waals surface area contributed by atoms with Gasteiger partial charge >= 0.3 is 0 Å².